The number of rotatable bonds is 7. The summed E-state index contributed by atoms with van der Waals surface area (Å²) in [5.74, 6) is 0.0538. The quantitative estimate of drug-likeness (QED) is 0.764. The van der Waals surface area contributed by atoms with Crippen LogP contribution in [0.5, 0.6) is 5.75 Å². The van der Waals surface area contributed by atoms with Crippen LogP contribution in [0, 0.1) is 0 Å². The molecule has 0 heterocycles. The van der Waals surface area contributed by atoms with Gasteiger partial charge < -0.3 is 9.47 Å². The van der Waals surface area contributed by atoms with Gasteiger partial charge in [0.15, 0.2) is 0 Å². The Morgan fingerprint density at radius 1 is 1.12 bits per heavy atom. The number of carbonyl (C=O) groups excluding carboxylic acids is 1. The third-order valence-corrected chi connectivity index (χ3v) is 4.97. The number of aryl methyl sites for hydroxylation is 1. The number of ether oxygens (including phenoxy) is 2. The van der Waals surface area contributed by atoms with Crippen LogP contribution in [0.25, 0.3) is 0 Å². The molecular weight excluding hydrogens is 342 g/mol. The van der Waals surface area contributed by atoms with Gasteiger partial charge in [0.25, 0.3) is 10.0 Å². The van der Waals surface area contributed by atoms with E-state index < -0.39 is 16.0 Å². The Labute approximate surface area is 147 Å². The molecule has 0 aliphatic carbocycles. The molecule has 0 bridgehead atoms. The van der Waals surface area contributed by atoms with Crippen molar-refractivity contribution in [1.82, 2.24) is 0 Å². The van der Waals surface area contributed by atoms with Gasteiger partial charge in [-0.3, -0.25) is 4.72 Å². The monoisotopic (exact) mass is 363 g/mol. The van der Waals surface area contributed by atoms with E-state index in [-0.39, 0.29) is 22.8 Å². The average Bonchev–Trinajstić information content (AvgIpc) is 2.61. The highest BCUT2D eigenvalue weighted by molar-refractivity contribution is 7.92. The highest BCUT2D eigenvalue weighted by Crippen LogP contribution is 2.25. The number of sulfonamides is 1. The van der Waals surface area contributed by atoms with Crippen LogP contribution in [0.15, 0.2) is 47.4 Å². The molecular formula is C18H21NO5S. The molecule has 0 radical (unpaired) electrons. The maximum Gasteiger partial charge on any atom is 0.340 e. The van der Waals surface area contributed by atoms with Crippen molar-refractivity contribution in [3.05, 3.63) is 53.6 Å². The van der Waals surface area contributed by atoms with E-state index >= 15 is 0 Å². The molecule has 0 aromatic heterocycles. The van der Waals surface area contributed by atoms with E-state index in [9.17, 15) is 13.2 Å². The van der Waals surface area contributed by atoms with Crippen LogP contribution >= 0.6 is 0 Å². The first kappa shape index (κ1) is 18.8. The molecule has 6 nitrogen and oxygen atoms in total. The number of benzene rings is 2. The lowest BCUT2D eigenvalue weighted by molar-refractivity contribution is 0.0527. The van der Waals surface area contributed by atoms with Crippen LogP contribution in [0.1, 0.15) is 29.8 Å². The van der Waals surface area contributed by atoms with Gasteiger partial charge >= 0.3 is 5.97 Å². The van der Waals surface area contributed by atoms with Gasteiger partial charge in [0.05, 0.1) is 29.9 Å². The second-order valence-corrected chi connectivity index (χ2v) is 6.88. The molecule has 0 atom stereocenters. The minimum atomic E-state index is -3.86. The van der Waals surface area contributed by atoms with Gasteiger partial charge in [-0.25, -0.2) is 13.2 Å². The third kappa shape index (κ3) is 4.30. The van der Waals surface area contributed by atoms with E-state index in [1.807, 2.05) is 6.92 Å². The Morgan fingerprint density at radius 3 is 2.48 bits per heavy atom. The first-order chi connectivity index (χ1) is 11.9. The maximum absolute atomic E-state index is 12.7. The number of nitrogens with one attached hydrogen (secondary N) is 1. The molecule has 0 aliphatic heterocycles. The number of esters is 1. The summed E-state index contributed by atoms with van der Waals surface area (Å²) in [5.41, 5.74) is 1.12. The molecule has 2 aromatic carbocycles. The lowest BCUT2D eigenvalue weighted by Gasteiger charge is -2.13. The summed E-state index contributed by atoms with van der Waals surface area (Å²) in [5, 5.41) is 0. The van der Waals surface area contributed by atoms with Gasteiger partial charge in [0.2, 0.25) is 0 Å². The van der Waals surface area contributed by atoms with Gasteiger partial charge in [-0.2, -0.15) is 0 Å². The van der Waals surface area contributed by atoms with E-state index in [2.05, 4.69) is 4.72 Å². The number of methoxy groups -OCH3 is 1. The zero-order valence-electron chi connectivity index (χ0n) is 14.4. The van der Waals surface area contributed by atoms with Crippen LogP contribution in [0.4, 0.5) is 5.69 Å². The zero-order chi connectivity index (χ0) is 18.4. The largest absolute Gasteiger partial charge is 0.496 e. The molecule has 0 saturated heterocycles. The van der Waals surface area contributed by atoms with Crippen molar-refractivity contribution in [3.63, 3.8) is 0 Å². The Bertz CT molecular complexity index is 862. The minimum Gasteiger partial charge on any atom is -0.496 e. The Kier molecular flexibility index (Phi) is 6.03. The fourth-order valence-corrected chi connectivity index (χ4v) is 3.49. The van der Waals surface area contributed by atoms with Gasteiger partial charge in [0.1, 0.15) is 5.75 Å². The Hall–Kier alpha value is -2.54. The molecule has 134 valence electrons. The highest BCUT2D eigenvalue weighted by atomic mass is 32.2. The standard InChI is InChI=1S/C18H21NO5S/c1-4-13-12-14(10-11-17(13)23-3)25(21,22)19-16-9-7-6-8-15(16)18(20)24-5-2/h6-12,19H,4-5H2,1-3H3. The third-order valence-electron chi connectivity index (χ3n) is 3.61. The van der Waals surface area contributed by atoms with Crippen molar-refractivity contribution in [2.45, 2.75) is 25.2 Å². The van der Waals surface area contributed by atoms with Gasteiger partial charge in [-0.1, -0.05) is 19.1 Å². The van der Waals surface area contributed by atoms with Gasteiger partial charge in [0, 0.05) is 0 Å². The summed E-state index contributed by atoms with van der Waals surface area (Å²) < 4.78 is 38.0. The second-order valence-electron chi connectivity index (χ2n) is 5.20. The predicted octanol–water partition coefficient (Wildman–Crippen LogP) is 3.24. The molecule has 7 heteroatoms. The van der Waals surface area contributed by atoms with Crippen molar-refractivity contribution in [2.24, 2.45) is 0 Å². The maximum atomic E-state index is 12.7. The average molecular weight is 363 g/mol. The van der Waals surface area contributed by atoms with Crippen LogP contribution in [-0.2, 0) is 21.2 Å². The predicted molar refractivity (Wildman–Crippen MR) is 95.6 cm³/mol. The normalized spacial score (nSPS) is 11.0. The van der Waals surface area contributed by atoms with Gasteiger partial charge in [-0.15, -0.1) is 0 Å². The lowest BCUT2D eigenvalue weighted by Crippen LogP contribution is -2.16. The fraction of sp³-hybridized carbons (Fsp3) is 0.278. The summed E-state index contributed by atoms with van der Waals surface area (Å²) in [6.07, 6.45) is 0.631. The number of hydrogen-bond acceptors (Lipinski definition) is 5. The first-order valence-corrected chi connectivity index (χ1v) is 9.37. The molecule has 0 spiro atoms. The number of anilines is 1. The second kappa shape index (κ2) is 8.02. The van der Waals surface area contributed by atoms with Crippen LogP contribution in [0.2, 0.25) is 0 Å². The van der Waals surface area contributed by atoms with Crippen molar-refractivity contribution in [1.29, 1.82) is 0 Å². The summed E-state index contributed by atoms with van der Waals surface area (Å²) >= 11 is 0. The summed E-state index contributed by atoms with van der Waals surface area (Å²) in [6.45, 7) is 3.81. The van der Waals surface area contributed by atoms with E-state index in [4.69, 9.17) is 9.47 Å². The molecule has 1 N–H and O–H groups in total. The van der Waals surface area contributed by atoms with Crippen LogP contribution in [-0.4, -0.2) is 28.1 Å². The summed E-state index contributed by atoms with van der Waals surface area (Å²) in [7, 11) is -2.32. The lowest BCUT2D eigenvalue weighted by atomic mass is 10.1. The van der Waals surface area contributed by atoms with E-state index in [0.717, 1.165) is 5.56 Å². The molecule has 0 amide bonds. The van der Waals surface area contributed by atoms with E-state index in [1.165, 1.54) is 25.3 Å². The smallest absolute Gasteiger partial charge is 0.340 e. The van der Waals surface area contributed by atoms with Crippen molar-refractivity contribution in [3.8, 4) is 5.75 Å². The number of para-hydroxylation sites is 1. The Balaban J connectivity index is 2.38. The van der Waals surface area contributed by atoms with Crippen molar-refractivity contribution >= 4 is 21.7 Å². The fourth-order valence-electron chi connectivity index (χ4n) is 2.36. The summed E-state index contributed by atoms with van der Waals surface area (Å²) in [4.78, 5) is 12.1. The molecule has 2 rings (SSSR count). The van der Waals surface area contributed by atoms with Gasteiger partial charge in [-0.05, 0) is 49.2 Å². The number of hydrogen-bond donors (Lipinski definition) is 1. The minimum absolute atomic E-state index is 0.101. The molecule has 2 aromatic rings. The van der Waals surface area contributed by atoms with Crippen molar-refractivity contribution < 1.29 is 22.7 Å². The highest BCUT2D eigenvalue weighted by Gasteiger charge is 2.20. The van der Waals surface area contributed by atoms with Crippen LogP contribution in [0.3, 0.4) is 0 Å². The van der Waals surface area contributed by atoms with E-state index in [1.54, 1.807) is 31.2 Å². The summed E-state index contributed by atoms with van der Waals surface area (Å²) in [6, 6.07) is 11.0. The first-order valence-electron chi connectivity index (χ1n) is 7.88. The molecule has 25 heavy (non-hydrogen) atoms. The van der Waals surface area contributed by atoms with Crippen LogP contribution < -0.4 is 9.46 Å². The van der Waals surface area contributed by atoms with Crippen molar-refractivity contribution in [2.75, 3.05) is 18.4 Å². The zero-order valence-corrected chi connectivity index (χ0v) is 15.2. The molecule has 0 unspecified atom stereocenters. The molecule has 0 aliphatic rings. The Morgan fingerprint density at radius 2 is 1.84 bits per heavy atom. The van der Waals surface area contributed by atoms with E-state index in [0.29, 0.717) is 12.2 Å². The SMILES string of the molecule is CCOC(=O)c1ccccc1NS(=O)(=O)c1ccc(OC)c(CC)c1. The molecule has 0 saturated carbocycles. The molecule has 0 fully saturated rings. The topological polar surface area (TPSA) is 81.7 Å². The number of carbonyl (C=O) groups is 1.